The number of carbonyl (C=O) groups excluding carboxylic acids is 2. The highest BCUT2D eigenvalue weighted by atomic mass is 19.2. The smallest absolute Gasteiger partial charge is 0.289 e. The van der Waals surface area contributed by atoms with Crippen LogP contribution in [0.15, 0.2) is 34.9 Å². The van der Waals surface area contributed by atoms with Crippen LogP contribution in [-0.4, -0.2) is 54.9 Å². The molecule has 0 saturated carbocycles. The fraction of sp³-hybridized carbons (Fsp3) is 0.333. The number of amides is 2. The van der Waals surface area contributed by atoms with E-state index in [1.54, 1.807) is 17.0 Å². The first-order valence-electron chi connectivity index (χ1n) is 8.17. The second-order valence-corrected chi connectivity index (χ2v) is 5.85. The number of furan rings is 1. The molecule has 1 aromatic carbocycles. The predicted octanol–water partition coefficient (Wildman–Crippen LogP) is 2.55. The van der Waals surface area contributed by atoms with Crippen molar-refractivity contribution in [3.05, 3.63) is 53.5 Å². The van der Waals surface area contributed by atoms with Crippen LogP contribution >= 0.6 is 0 Å². The minimum atomic E-state index is -1.23. The van der Waals surface area contributed by atoms with E-state index in [4.69, 9.17) is 9.15 Å². The van der Waals surface area contributed by atoms with Gasteiger partial charge in [0.05, 0.1) is 13.4 Å². The van der Waals surface area contributed by atoms with Crippen LogP contribution in [0.25, 0.3) is 0 Å². The Kier molecular flexibility index (Phi) is 5.20. The summed E-state index contributed by atoms with van der Waals surface area (Å²) in [7, 11) is 1.29. The van der Waals surface area contributed by atoms with Crippen LogP contribution in [0.2, 0.25) is 0 Å². The van der Waals surface area contributed by atoms with Crippen LogP contribution in [0, 0.1) is 11.6 Å². The fourth-order valence-electron chi connectivity index (χ4n) is 2.94. The molecular weight excluding hydrogens is 346 g/mol. The summed E-state index contributed by atoms with van der Waals surface area (Å²) in [5.74, 6) is -3.07. The molecule has 8 heteroatoms. The molecule has 1 saturated heterocycles. The van der Waals surface area contributed by atoms with Gasteiger partial charge in [0.2, 0.25) is 0 Å². The van der Waals surface area contributed by atoms with Crippen LogP contribution in [0.5, 0.6) is 5.75 Å². The van der Waals surface area contributed by atoms with Gasteiger partial charge in [0.1, 0.15) is 11.3 Å². The Bertz CT molecular complexity index is 808. The lowest BCUT2D eigenvalue weighted by Crippen LogP contribution is -2.37. The van der Waals surface area contributed by atoms with Gasteiger partial charge in [-0.3, -0.25) is 9.59 Å². The van der Waals surface area contributed by atoms with E-state index in [-0.39, 0.29) is 30.5 Å². The molecule has 2 heterocycles. The number of benzene rings is 1. The molecule has 2 amide bonds. The molecule has 6 nitrogen and oxygen atoms in total. The summed E-state index contributed by atoms with van der Waals surface area (Å²) in [5.41, 5.74) is -0.432. The molecular formula is C18H18F2N2O4. The number of halogens is 2. The first kappa shape index (κ1) is 17.9. The van der Waals surface area contributed by atoms with Gasteiger partial charge < -0.3 is 19.0 Å². The van der Waals surface area contributed by atoms with Crippen LogP contribution in [0.3, 0.4) is 0 Å². The number of nitrogens with zero attached hydrogens (tertiary/aromatic N) is 2. The molecule has 138 valence electrons. The SMILES string of the molecule is COc1ccc(F)c(F)c1C(=O)N1CCCN(C(=O)c2ccco2)CC1. The van der Waals surface area contributed by atoms with Crippen molar-refractivity contribution in [2.24, 2.45) is 0 Å². The first-order chi connectivity index (χ1) is 12.5. The van der Waals surface area contributed by atoms with E-state index >= 15 is 0 Å². The molecule has 1 aliphatic rings. The molecule has 2 aromatic rings. The van der Waals surface area contributed by atoms with Gasteiger partial charge in [-0.15, -0.1) is 0 Å². The molecule has 0 unspecified atom stereocenters. The zero-order valence-electron chi connectivity index (χ0n) is 14.2. The van der Waals surface area contributed by atoms with Crippen molar-refractivity contribution in [2.75, 3.05) is 33.3 Å². The third kappa shape index (κ3) is 3.40. The van der Waals surface area contributed by atoms with E-state index in [9.17, 15) is 18.4 Å². The lowest BCUT2D eigenvalue weighted by molar-refractivity contribution is 0.0696. The lowest BCUT2D eigenvalue weighted by atomic mass is 10.1. The highest BCUT2D eigenvalue weighted by Crippen LogP contribution is 2.25. The minimum absolute atomic E-state index is 0.0262. The van der Waals surface area contributed by atoms with Gasteiger partial charge in [-0.1, -0.05) is 0 Å². The monoisotopic (exact) mass is 364 g/mol. The molecule has 0 radical (unpaired) electrons. The predicted molar refractivity (Wildman–Crippen MR) is 88.0 cm³/mol. The van der Waals surface area contributed by atoms with E-state index in [2.05, 4.69) is 0 Å². The van der Waals surface area contributed by atoms with Gasteiger partial charge in [-0.2, -0.15) is 0 Å². The van der Waals surface area contributed by atoms with E-state index < -0.39 is 23.1 Å². The Morgan fingerprint density at radius 1 is 1.04 bits per heavy atom. The van der Waals surface area contributed by atoms with E-state index in [0.29, 0.717) is 19.5 Å². The average molecular weight is 364 g/mol. The summed E-state index contributed by atoms with van der Waals surface area (Å²) in [6.45, 7) is 1.22. The highest BCUT2D eigenvalue weighted by Gasteiger charge is 2.29. The Morgan fingerprint density at radius 2 is 1.73 bits per heavy atom. The van der Waals surface area contributed by atoms with Crippen LogP contribution in [0.4, 0.5) is 8.78 Å². The minimum Gasteiger partial charge on any atom is -0.496 e. The summed E-state index contributed by atoms with van der Waals surface area (Å²) >= 11 is 0. The van der Waals surface area contributed by atoms with Crippen LogP contribution in [-0.2, 0) is 0 Å². The Labute approximate surface area is 148 Å². The largest absolute Gasteiger partial charge is 0.496 e. The zero-order valence-corrected chi connectivity index (χ0v) is 14.2. The van der Waals surface area contributed by atoms with Gasteiger partial charge in [0, 0.05) is 26.2 Å². The molecule has 1 aromatic heterocycles. The maximum atomic E-state index is 14.2. The molecule has 0 N–H and O–H groups in total. The molecule has 0 bridgehead atoms. The number of methoxy groups -OCH3 is 1. The molecule has 26 heavy (non-hydrogen) atoms. The molecule has 0 aliphatic carbocycles. The van der Waals surface area contributed by atoms with Gasteiger partial charge in [0.15, 0.2) is 17.4 Å². The standard InChI is InChI=1S/C18H18F2N2O4/c1-25-13-6-5-12(19)16(20)15(13)18(24)22-8-3-7-21(9-10-22)17(23)14-4-2-11-26-14/h2,4-6,11H,3,7-10H2,1H3. The number of carbonyl (C=O) groups is 2. The number of hydrogen-bond acceptors (Lipinski definition) is 4. The van der Waals surface area contributed by atoms with E-state index in [0.717, 1.165) is 6.07 Å². The molecule has 0 atom stereocenters. The Balaban J connectivity index is 1.76. The van der Waals surface area contributed by atoms with E-state index in [1.165, 1.54) is 24.3 Å². The third-order valence-corrected chi connectivity index (χ3v) is 4.29. The summed E-state index contributed by atoms with van der Waals surface area (Å²) in [5, 5.41) is 0. The van der Waals surface area contributed by atoms with Gasteiger partial charge in [0.25, 0.3) is 11.8 Å². The van der Waals surface area contributed by atoms with Crippen molar-refractivity contribution in [3.63, 3.8) is 0 Å². The van der Waals surface area contributed by atoms with Crippen molar-refractivity contribution in [2.45, 2.75) is 6.42 Å². The second-order valence-electron chi connectivity index (χ2n) is 5.85. The highest BCUT2D eigenvalue weighted by molar-refractivity contribution is 5.97. The normalized spacial score (nSPS) is 14.9. The van der Waals surface area contributed by atoms with Crippen molar-refractivity contribution >= 4 is 11.8 Å². The van der Waals surface area contributed by atoms with Crippen molar-refractivity contribution < 1.29 is 27.5 Å². The second kappa shape index (κ2) is 7.55. The molecule has 0 spiro atoms. The van der Waals surface area contributed by atoms with Crippen molar-refractivity contribution in [1.29, 1.82) is 0 Å². The maximum Gasteiger partial charge on any atom is 0.289 e. The Hall–Kier alpha value is -2.90. The van der Waals surface area contributed by atoms with Gasteiger partial charge in [-0.25, -0.2) is 8.78 Å². The average Bonchev–Trinajstić information content (AvgIpc) is 3.07. The number of ether oxygens (including phenoxy) is 1. The summed E-state index contributed by atoms with van der Waals surface area (Å²) in [6, 6.07) is 5.33. The Morgan fingerprint density at radius 3 is 2.35 bits per heavy atom. The van der Waals surface area contributed by atoms with Crippen LogP contribution in [0.1, 0.15) is 27.3 Å². The zero-order chi connectivity index (χ0) is 18.7. The quantitative estimate of drug-likeness (QED) is 0.840. The van der Waals surface area contributed by atoms with Gasteiger partial charge >= 0.3 is 0 Å². The summed E-state index contributed by atoms with van der Waals surface area (Å²) in [4.78, 5) is 28.1. The maximum absolute atomic E-state index is 14.2. The lowest BCUT2D eigenvalue weighted by Gasteiger charge is -2.22. The first-order valence-corrected chi connectivity index (χ1v) is 8.17. The van der Waals surface area contributed by atoms with Crippen LogP contribution < -0.4 is 4.74 Å². The topological polar surface area (TPSA) is 63.0 Å². The fourth-order valence-corrected chi connectivity index (χ4v) is 2.94. The van der Waals surface area contributed by atoms with Crippen molar-refractivity contribution in [1.82, 2.24) is 9.80 Å². The number of rotatable bonds is 3. The molecule has 1 fully saturated rings. The summed E-state index contributed by atoms with van der Waals surface area (Å²) < 4.78 is 37.8. The molecule has 3 rings (SSSR count). The molecule has 1 aliphatic heterocycles. The van der Waals surface area contributed by atoms with Crippen molar-refractivity contribution in [3.8, 4) is 5.75 Å². The van der Waals surface area contributed by atoms with E-state index in [1.807, 2.05) is 0 Å². The third-order valence-electron chi connectivity index (χ3n) is 4.29. The van der Waals surface area contributed by atoms with Gasteiger partial charge in [-0.05, 0) is 30.7 Å². The summed E-state index contributed by atoms with van der Waals surface area (Å²) in [6.07, 6.45) is 1.93. The number of hydrogen-bond donors (Lipinski definition) is 0.